The van der Waals surface area contributed by atoms with E-state index in [4.69, 9.17) is 0 Å². The number of nitrogens with one attached hydrogen (secondary N) is 3. The molecule has 0 saturated heterocycles. The quantitative estimate of drug-likeness (QED) is 0.559. The zero-order valence-corrected chi connectivity index (χ0v) is 14.4. The topological polar surface area (TPSA) is 69.8 Å². The van der Waals surface area contributed by atoms with Crippen molar-refractivity contribution in [1.82, 2.24) is 15.3 Å². The lowest BCUT2D eigenvalue weighted by Gasteiger charge is -2.09. The number of nitrogens with zero attached hydrogens (tertiary/aromatic N) is 1. The van der Waals surface area contributed by atoms with E-state index in [9.17, 15) is 18.0 Å². The summed E-state index contributed by atoms with van der Waals surface area (Å²) in [5.74, 6) is -0.183. The molecule has 0 radical (unpaired) electrons. The van der Waals surface area contributed by atoms with Gasteiger partial charge in [-0.25, -0.2) is 4.98 Å². The van der Waals surface area contributed by atoms with Crippen molar-refractivity contribution in [2.45, 2.75) is 38.3 Å². The Morgan fingerprint density at radius 1 is 1.08 bits per heavy atom. The van der Waals surface area contributed by atoms with Crippen LogP contribution in [0, 0.1) is 0 Å². The van der Waals surface area contributed by atoms with Crippen molar-refractivity contribution in [3.8, 4) is 0 Å². The SMILES string of the molecule is O=C(CCCCCNCCc1cnc[nH]1)Nc1ccc(C(F)(F)F)cc1. The van der Waals surface area contributed by atoms with Crippen LogP contribution in [-0.4, -0.2) is 29.0 Å². The Morgan fingerprint density at radius 2 is 1.85 bits per heavy atom. The molecule has 3 N–H and O–H groups in total. The van der Waals surface area contributed by atoms with Crippen LogP contribution in [-0.2, 0) is 17.4 Å². The van der Waals surface area contributed by atoms with Gasteiger partial charge in [-0.1, -0.05) is 6.42 Å². The number of benzene rings is 1. The number of anilines is 1. The number of alkyl halides is 3. The van der Waals surface area contributed by atoms with E-state index in [1.54, 1.807) is 12.5 Å². The van der Waals surface area contributed by atoms with Gasteiger partial charge in [0.25, 0.3) is 0 Å². The molecule has 1 heterocycles. The summed E-state index contributed by atoms with van der Waals surface area (Å²) in [6.07, 6.45) is 2.98. The highest BCUT2D eigenvalue weighted by Crippen LogP contribution is 2.29. The third kappa shape index (κ3) is 7.26. The van der Waals surface area contributed by atoms with Crippen molar-refractivity contribution in [2.24, 2.45) is 0 Å². The first-order valence-corrected chi connectivity index (χ1v) is 8.60. The summed E-state index contributed by atoms with van der Waals surface area (Å²) in [6.45, 7) is 1.76. The van der Waals surface area contributed by atoms with Crippen molar-refractivity contribution >= 4 is 11.6 Å². The van der Waals surface area contributed by atoms with Gasteiger partial charge in [0, 0.05) is 37.0 Å². The lowest BCUT2D eigenvalue weighted by Crippen LogP contribution is -2.18. The van der Waals surface area contributed by atoms with Crippen LogP contribution in [0.1, 0.15) is 36.9 Å². The summed E-state index contributed by atoms with van der Waals surface area (Å²) in [4.78, 5) is 18.8. The molecular formula is C18H23F3N4O. The summed E-state index contributed by atoms with van der Waals surface area (Å²) in [5, 5.41) is 5.94. The van der Waals surface area contributed by atoms with Crippen molar-refractivity contribution in [1.29, 1.82) is 0 Å². The van der Waals surface area contributed by atoms with Crippen LogP contribution in [0.15, 0.2) is 36.8 Å². The first-order chi connectivity index (χ1) is 12.4. The second-order valence-electron chi connectivity index (χ2n) is 6.01. The molecule has 0 fully saturated rings. The van der Waals surface area contributed by atoms with Crippen LogP contribution >= 0.6 is 0 Å². The largest absolute Gasteiger partial charge is 0.416 e. The van der Waals surface area contributed by atoms with E-state index in [0.29, 0.717) is 12.1 Å². The number of H-pyrrole nitrogens is 1. The average molecular weight is 368 g/mol. The van der Waals surface area contributed by atoms with Gasteiger partial charge in [-0.05, 0) is 43.7 Å². The summed E-state index contributed by atoms with van der Waals surface area (Å²) < 4.78 is 37.4. The maximum atomic E-state index is 12.5. The first kappa shape index (κ1) is 20.0. The van der Waals surface area contributed by atoms with Crippen LogP contribution in [0.25, 0.3) is 0 Å². The summed E-state index contributed by atoms with van der Waals surface area (Å²) in [7, 11) is 0. The second-order valence-corrected chi connectivity index (χ2v) is 6.01. The van der Waals surface area contributed by atoms with Crippen LogP contribution < -0.4 is 10.6 Å². The molecule has 1 amide bonds. The van der Waals surface area contributed by atoms with Gasteiger partial charge in [0.2, 0.25) is 5.91 Å². The molecule has 5 nitrogen and oxygen atoms in total. The fourth-order valence-corrected chi connectivity index (χ4v) is 2.45. The van der Waals surface area contributed by atoms with Crippen molar-refractivity contribution in [3.05, 3.63) is 48.0 Å². The molecule has 0 aliphatic carbocycles. The van der Waals surface area contributed by atoms with E-state index in [0.717, 1.165) is 56.6 Å². The first-order valence-electron chi connectivity index (χ1n) is 8.60. The highest BCUT2D eigenvalue weighted by molar-refractivity contribution is 5.90. The molecule has 0 unspecified atom stereocenters. The summed E-state index contributed by atoms with van der Waals surface area (Å²) in [5.41, 5.74) is 0.747. The minimum Gasteiger partial charge on any atom is -0.348 e. The minimum absolute atomic E-state index is 0.183. The van der Waals surface area contributed by atoms with E-state index in [1.165, 1.54) is 12.1 Å². The Morgan fingerprint density at radius 3 is 2.50 bits per heavy atom. The second kappa shape index (κ2) is 9.96. The number of amides is 1. The van der Waals surface area contributed by atoms with Crippen LogP contribution in [0.4, 0.5) is 18.9 Å². The fraction of sp³-hybridized carbons (Fsp3) is 0.444. The number of rotatable bonds is 10. The monoisotopic (exact) mass is 368 g/mol. The molecule has 0 spiro atoms. The number of carbonyl (C=O) groups excluding carboxylic acids is 1. The van der Waals surface area contributed by atoms with Gasteiger partial charge in [-0.2, -0.15) is 13.2 Å². The van der Waals surface area contributed by atoms with Gasteiger partial charge >= 0.3 is 6.18 Å². The van der Waals surface area contributed by atoms with Gasteiger partial charge in [-0.3, -0.25) is 4.79 Å². The lowest BCUT2D eigenvalue weighted by molar-refractivity contribution is -0.137. The highest BCUT2D eigenvalue weighted by Gasteiger charge is 2.29. The Bertz CT molecular complexity index is 654. The van der Waals surface area contributed by atoms with Crippen LogP contribution in [0.5, 0.6) is 0 Å². The molecule has 142 valence electrons. The molecule has 1 aromatic carbocycles. The van der Waals surface area contributed by atoms with Gasteiger partial charge in [-0.15, -0.1) is 0 Å². The Kier molecular flexibility index (Phi) is 7.65. The van der Waals surface area contributed by atoms with E-state index >= 15 is 0 Å². The molecule has 26 heavy (non-hydrogen) atoms. The molecule has 0 saturated carbocycles. The molecule has 8 heteroatoms. The number of unbranched alkanes of at least 4 members (excludes halogenated alkanes) is 2. The predicted molar refractivity (Wildman–Crippen MR) is 93.7 cm³/mol. The van der Waals surface area contributed by atoms with Gasteiger partial charge in [0.1, 0.15) is 0 Å². The summed E-state index contributed by atoms with van der Waals surface area (Å²) in [6, 6.07) is 4.46. The Balaban J connectivity index is 1.52. The van der Waals surface area contributed by atoms with Gasteiger partial charge in [0.05, 0.1) is 11.9 Å². The number of halogens is 3. The third-order valence-corrected chi connectivity index (χ3v) is 3.88. The van der Waals surface area contributed by atoms with E-state index in [2.05, 4.69) is 20.6 Å². The number of aromatic amines is 1. The average Bonchev–Trinajstić information content (AvgIpc) is 3.10. The lowest BCUT2D eigenvalue weighted by atomic mass is 10.1. The van der Waals surface area contributed by atoms with Gasteiger partial charge in [0.15, 0.2) is 0 Å². The van der Waals surface area contributed by atoms with Crippen LogP contribution in [0.2, 0.25) is 0 Å². The van der Waals surface area contributed by atoms with E-state index in [-0.39, 0.29) is 5.91 Å². The Labute approximate surface area is 150 Å². The van der Waals surface area contributed by atoms with Crippen molar-refractivity contribution < 1.29 is 18.0 Å². The zero-order valence-electron chi connectivity index (χ0n) is 14.4. The maximum Gasteiger partial charge on any atom is 0.416 e. The van der Waals surface area contributed by atoms with E-state index in [1.807, 2.05) is 0 Å². The third-order valence-electron chi connectivity index (χ3n) is 3.88. The maximum absolute atomic E-state index is 12.5. The minimum atomic E-state index is -4.37. The molecule has 1 aromatic heterocycles. The molecular weight excluding hydrogens is 345 g/mol. The van der Waals surface area contributed by atoms with Crippen molar-refractivity contribution in [3.63, 3.8) is 0 Å². The zero-order chi connectivity index (χ0) is 18.8. The Hall–Kier alpha value is -2.35. The smallest absolute Gasteiger partial charge is 0.348 e. The standard InChI is InChI=1S/C18H23F3N4O/c19-18(20,21)14-5-7-15(8-6-14)25-17(26)4-2-1-3-10-22-11-9-16-12-23-13-24-16/h5-8,12-13,22H,1-4,9-11H2,(H,23,24)(H,25,26). The van der Waals surface area contributed by atoms with E-state index < -0.39 is 11.7 Å². The normalized spacial score (nSPS) is 11.5. The number of hydrogen-bond donors (Lipinski definition) is 3. The number of carbonyl (C=O) groups is 1. The predicted octanol–water partition coefficient (Wildman–Crippen LogP) is 3.76. The molecule has 0 aliphatic heterocycles. The summed E-state index contributed by atoms with van der Waals surface area (Å²) >= 11 is 0. The molecule has 0 aliphatic rings. The molecule has 0 bridgehead atoms. The molecule has 2 aromatic rings. The fourth-order valence-electron chi connectivity index (χ4n) is 2.45. The molecule has 0 atom stereocenters. The number of imidazole rings is 1. The van der Waals surface area contributed by atoms with Crippen LogP contribution in [0.3, 0.4) is 0 Å². The van der Waals surface area contributed by atoms with Gasteiger partial charge < -0.3 is 15.6 Å². The number of aromatic nitrogens is 2. The highest BCUT2D eigenvalue weighted by atomic mass is 19.4. The number of hydrogen-bond acceptors (Lipinski definition) is 3. The molecule has 2 rings (SSSR count). The van der Waals surface area contributed by atoms with Crippen molar-refractivity contribution in [2.75, 3.05) is 18.4 Å².